The summed E-state index contributed by atoms with van der Waals surface area (Å²) < 4.78 is 34.7. The highest BCUT2D eigenvalue weighted by molar-refractivity contribution is 7.90. The third-order valence-corrected chi connectivity index (χ3v) is 8.50. The molecule has 1 heterocycles. The molecule has 5 rings (SSSR count). The first-order valence-corrected chi connectivity index (χ1v) is 15.3. The van der Waals surface area contributed by atoms with Crippen molar-refractivity contribution in [2.45, 2.75) is 50.7 Å². The van der Waals surface area contributed by atoms with Crippen LogP contribution in [0.3, 0.4) is 0 Å². The van der Waals surface area contributed by atoms with Crippen LogP contribution in [0.4, 0.5) is 0 Å². The smallest absolute Gasteiger partial charge is 0.331 e. The average Bonchev–Trinajstić information content (AvgIpc) is 3.34. The zero-order chi connectivity index (χ0) is 29.9. The summed E-state index contributed by atoms with van der Waals surface area (Å²) in [6.45, 7) is 7.37. The lowest BCUT2D eigenvalue weighted by Crippen LogP contribution is -2.33. The molecule has 0 unspecified atom stereocenters. The summed E-state index contributed by atoms with van der Waals surface area (Å²) in [4.78, 5) is 18.9. The first-order chi connectivity index (χ1) is 20.0. The topological polar surface area (TPSA) is 77.7 Å². The second-order valence-electron chi connectivity index (χ2n) is 11.2. The van der Waals surface area contributed by atoms with Crippen molar-refractivity contribution in [2.75, 3.05) is 0 Å². The van der Waals surface area contributed by atoms with Crippen molar-refractivity contribution in [2.24, 2.45) is 4.99 Å². The second-order valence-corrected chi connectivity index (χ2v) is 13.1. The minimum atomic E-state index is -3.89. The fourth-order valence-electron chi connectivity index (χ4n) is 4.83. The summed E-state index contributed by atoms with van der Waals surface area (Å²) in [5.41, 5.74) is 3.84. The highest BCUT2D eigenvalue weighted by atomic mass is 32.2. The normalized spacial score (nSPS) is 12.6. The van der Waals surface area contributed by atoms with Gasteiger partial charge in [0.2, 0.25) is 0 Å². The Labute approximate surface area is 247 Å². The van der Waals surface area contributed by atoms with Crippen molar-refractivity contribution >= 4 is 32.6 Å². The molecule has 1 atom stereocenters. The summed E-state index contributed by atoms with van der Waals surface area (Å²) in [6, 6.07) is 32.6. The number of para-hydroxylation sites is 1. The van der Waals surface area contributed by atoms with Gasteiger partial charge in [-0.3, -0.25) is 4.99 Å². The number of esters is 1. The zero-order valence-electron chi connectivity index (χ0n) is 24.2. The van der Waals surface area contributed by atoms with Crippen LogP contribution in [0.2, 0.25) is 0 Å². The molecular weight excluding hydrogens is 544 g/mol. The molecule has 0 aliphatic carbocycles. The van der Waals surface area contributed by atoms with Gasteiger partial charge in [0.05, 0.1) is 16.1 Å². The molecule has 0 aliphatic heterocycles. The average molecular weight is 579 g/mol. The van der Waals surface area contributed by atoms with E-state index in [9.17, 15) is 13.2 Å². The molecular formula is C35H34N2O4S. The maximum atomic E-state index is 13.8. The zero-order valence-corrected chi connectivity index (χ0v) is 25.0. The van der Waals surface area contributed by atoms with Gasteiger partial charge >= 0.3 is 5.97 Å². The van der Waals surface area contributed by atoms with E-state index in [1.165, 1.54) is 3.97 Å². The van der Waals surface area contributed by atoms with Gasteiger partial charge in [-0.05, 0) is 51.5 Å². The van der Waals surface area contributed by atoms with Crippen molar-refractivity contribution in [3.8, 4) is 0 Å². The maximum absolute atomic E-state index is 13.8. The molecule has 4 aromatic carbocycles. The predicted octanol–water partition coefficient (Wildman–Crippen LogP) is 6.98. The maximum Gasteiger partial charge on any atom is 0.331 e. The number of nitrogens with zero attached hydrogens (tertiary/aromatic N) is 2. The van der Waals surface area contributed by atoms with Crippen molar-refractivity contribution in [1.82, 2.24) is 3.97 Å². The molecule has 0 saturated carbocycles. The van der Waals surface area contributed by atoms with E-state index in [2.05, 4.69) is 0 Å². The predicted molar refractivity (Wildman–Crippen MR) is 168 cm³/mol. The summed E-state index contributed by atoms with van der Waals surface area (Å²) in [7, 11) is -3.89. The van der Waals surface area contributed by atoms with Gasteiger partial charge in [0, 0.05) is 29.1 Å². The molecule has 7 heteroatoms. The monoisotopic (exact) mass is 578 g/mol. The fourth-order valence-corrected chi connectivity index (χ4v) is 6.22. The number of aromatic nitrogens is 1. The molecule has 0 aliphatic rings. The Morgan fingerprint density at radius 2 is 1.36 bits per heavy atom. The standard InChI is InChI=1S/C35H34N2O4S/c1-25-19-21-29(22-20-25)42(39,40)37-24-28(30-17-11-12-18-32(30)37)23-31(34(38)41-35(2,3)4)36-33(26-13-7-5-8-14-26)27-15-9-6-10-16-27/h5-22,24,31H,23H2,1-4H3/t31-/m0/s1. The van der Waals surface area contributed by atoms with Crippen LogP contribution in [0.5, 0.6) is 0 Å². The lowest BCUT2D eigenvalue weighted by Gasteiger charge is -2.23. The van der Waals surface area contributed by atoms with Crippen LogP contribution >= 0.6 is 0 Å². The number of fused-ring (bicyclic) bond motifs is 1. The first-order valence-electron chi connectivity index (χ1n) is 13.9. The molecule has 0 N–H and O–H groups in total. The summed E-state index contributed by atoms with van der Waals surface area (Å²) >= 11 is 0. The third-order valence-electron chi connectivity index (χ3n) is 6.81. The third kappa shape index (κ3) is 6.37. The molecule has 1 aromatic heterocycles. The molecule has 214 valence electrons. The first kappa shape index (κ1) is 29.0. The molecule has 0 saturated heterocycles. The van der Waals surface area contributed by atoms with Crippen molar-refractivity contribution in [3.05, 3.63) is 138 Å². The van der Waals surface area contributed by atoms with Gasteiger partial charge in [0.1, 0.15) is 5.60 Å². The van der Waals surface area contributed by atoms with E-state index in [1.54, 1.807) is 42.6 Å². The minimum absolute atomic E-state index is 0.148. The number of aryl methyl sites for hydroxylation is 1. The van der Waals surface area contributed by atoms with Crippen LogP contribution in [0.25, 0.3) is 10.9 Å². The van der Waals surface area contributed by atoms with Crippen molar-refractivity contribution < 1.29 is 17.9 Å². The molecule has 6 nitrogen and oxygen atoms in total. The van der Waals surface area contributed by atoms with Gasteiger partial charge in [-0.1, -0.05) is 96.6 Å². The Bertz CT molecular complexity index is 1790. The van der Waals surface area contributed by atoms with E-state index in [1.807, 2.05) is 100 Å². The van der Waals surface area contributed by atoms with Gasteiger partial charge in [0.15, 0.2) is 6.04 Å². The highest BCUT2D eigenvalue weighted by Crippen LogP contribution is 2.28. The lowest BCUT2D eigenvalue weighted by atomic mass is 10.0. The molecule has 0 spiro atoms. The number of aliphatic imine (C=N–C) groups is 1. The SMILES string of the molecule is Cc1ccc(S(=O)(=O)n2cc(C[C@H](N=C(c3ccccc3)c3ccccc3)C(=O)OC(C)(C)C)c3ccccc32)cc1. The van der Waals surface area contributed by atoms with Gasteiger partial charge in [0.25, 0.3) is 10.0 Å². The Morgan fingerprint density at radius 1 is 0.810 bits per heavy atom. The second kappa shape index (κ2) is 11.8. The number of carbonyl (C=O) groups excluding carboxylic acids is 1. The Morgan fingerprint density at radius 3 is 1.93 bits per heavy atom. The largest absolute Gasteiger partial charge is 0.458 e. The van der Waals surface area contributed by atoms with Crippen LogP contribution in [-0.2, 0) is 26.0 Å². The van der Waals surface area contributed by atoms with E-state index in [0.29, 0.717) is 16.8 Å². The molecule has 0 radical (unpaired) electrons. The van der Waals surface area contributed by atoms with Gasteiger partial charge in [-0.2, -0.15) is 0 Å². The van der Waals surface area contributed by atoms with Gasteiger partial charge in [-0.25, -0.2) is 17.2 Å². The highest BCUT2D eigenvalue weighted by Gasteiger charge is 2.29. The van der Waals surface area contributed by atoms with E-state index in [4.69, 9.17) is 9.73 Å². The number of hydrogen-bond acceptors (Lipinski definition) is 5. The number of rotatable bonds is 8. The molecule has 5 aromatic rings. The summed E-state index contributed by atoms with van der Waals surface area (Å²) in [5, 5.41) is 0.734. The molecule has 42 heavy (non-hydrogen) atoms. The Kier molecular flexibility index (Phi) is 8.14. The summed E-state index contributed by atoms with van der Waals surface area (Å²) in [6.07, 6.45) is 1.76. The van der Waals surface area contributed by atoms with Crippen LogP contribution in [0.15, 0.2) is 125 Å². The van der Waals surface area contributed by atoms with E-state index >= 15 is 0 Å². The minimum Gasteiger partial charge on any atom is -0.458 e. The van der Waals surface area contributed by atoms with Crippen LogP contribution in [-0.4, -0.2) is 35.7 Å². The Balaban J connectivity index is 1.65. The quantitative estimate of drug-likeness (QED) is 0.147. The molecule has 0 amide bonds. The van der Waals surface area contributed by atoms with Crippen molar-refractivity contribution in [3.63, 3.8) is 0 Å². The van der Waals surface area contributed by atoms with Gasteiger partial charge < -0.3 is 4.74 Å². The molecule has 0 bridgehead atoms. The number of benzene rings is 4. The number of ether oxygens (including phenoxy) is 1. The fraction of sp³-hybridized carbons (Fsp3) is 0.200. The molecule has 0 fully saturated rings. The van der Waals surface area contributed by atoms with Crippen molar-refractivity contribution in [1.29, 1.82) is 0 Å². The summed E-state index contributed by atoms with van der Waals surface area (Å²) in [5.74, 6) is -0.481. The lowest BCUT2D eigenvalue weighted by molar-refractivity contribution is -0.156. The van der Waals surface area contributed by atoms with E-state index < -0.39 is 27.6 Å². The number of hydrogen-bond donors (Lipinski definition) is 0. The van der Waals surface area contributed by atoms with Crippen LogP contribution in [0, 0.1) is 6.92 Å². The van der Waals surface area contributed by atoms with Gasteiger partial charge in [-0.15, -0.1) is 0 Å². The number of carbonyl (C=O) groups is 1. The van der Waals surface area contributed by atoms with Crippen LogP contribution < -0.4 is 0 Å². The van der Waals surface area contributed by atoms with E-state index in [-0.39, 0.29) is 11.3 Å². The van der Waals surface area contributed by atoms with E-state index in [0.717, 1.165) is 22.1 Å². The Hall–Kier alpha value is -4.49. The van der Waals surface area contributed by atoms with Crippen LogP contribution in [0.1, 0.15) is 43.0 Å².